The lowest BCUT2D eigenvalue weighted by molar-refractivity contribution is -0.134. The topological polar surface area (TPSA) is 95.7 Å². The van der Waals surface area contributed by atoms with E-state index in [1.165, 1.54) is 11.1 Å². The van der Waals surface area contributed by atoms with E-state index in [9.17, 15) is 18.4 Å². The number of hydrogen-bond acceptors (Lipinski definition) is 8. The molecule has 0 N–H and O–H groups in total. The molecule has 2 aliphatic rings. The Labute approximate surface area is 213 Å². The molecule has 1 aromatic carbocycles. The average molecular weight is 511 g/mol. The molecule has 0 spiro atoms. The Kier molecular flexibility index (Phi) is 6.26. The summed E-state index contributed by atoms with van der Waals surface area (Å²) in [4.78, 5) is 36.9. The van der Waals surface area contributed by atoms with Crippen molar-refractivity contribution in [2.75, 3.05) is 32.1 Å². The van der Waals surface area contributed by atoms with Crippen molar-refractivity contribution in [2.24, 2.45) is 0 Å². The third-order valence-corrected chi connectivity index (χ3v) is 7.21. The summed E-state index contributed by atoms with van der Waals surface area (Å²) in [6.45, 7) is 5.46. The van der Waals surface area contributed by atoms with Gasteiger partial charge in [-0.2, -0.15) is 8.78 Å². The molecule has 0 saturated carbocycles. The molecule has 9 nitrogen and oxygen atoms in total. The van der Waals surface area contributed by atoms with Gasteiger partial charge in [0.15, 0.2) is 0 Å². The van der Waals surface area contributed by atoms with Crippen LogP contribution in [0.15, 0.2) is 40.9 Å². The number of imide groups is 1. The van der Waals surface area contributed by atoms with E-state index in [1.54, 1.807) is 12.1 Å². The molecule has 3 aromatic rings. The number of fused-ring (bicyclic) bond motifs is 1. The summed E-state index contributed by atoms with van der Waals surface area (Å²) >= 11 is 0. The van der Waals surface area contributed by atoms with E-state index in [0.29, 0.717) is 22.9 Å². The van der Waals surface area contributed by atoms with Crippen molar-refractivity contribution in [3.8, 4) is 11.5 Å². The van der Waals surface area contributed by atoms with Crippen molar-refractivity contribution in [1.82, 2.24) is 25.0 Å². The van der Waals surface area contributed by atoms with Gasteiger partial charge in [0.1, 0.15) is 0 Å². The Bertz CT molecular complexity index is 1340. The number of nitrogens with zero attached hydrogens (tertiary/aromatic N) is 6. The van der Waals surface area contributed by atoms with Gasteiger partial charge in [0.2, 0.25) is 11.8 Å². The highest BCUT2D eigenvalue weighted by molar-refractivity contribution is 6.13. The van der Waals surface area contributed by atoms with Crippen LogP contribution in [0.2, 0.25) is 0 Å². The normalized spacial score (nSPS) is 19.3. The lowest BCUT2D eigenvalue weighted by Gasteiger charge is -2.38. The number of carbonyl (C=O) groups is 2. The van der Waals surface area contributed by atoms with Gasteiger partial charge in [-0.1, -0.05) is 0 Å². The molecule has 2 amide bonds. The van der Waals surface area contributed by atoms with Crippen molar-refractivity contribution in [2.45, 2.75) is 44.7 Å². The summed E-state index contributed by atoms with van der Waals surface area (Å²) in [5.41, 5.74) is 2.14. The largest absolute Gasteiger partial charge is 0.415 e. The molecule has 0 aliphatic carbocycles. The summed E-state index contributed by atoms with van der Waals surface area (Å²) in [6.07, 6.45) is -0.415. The van der Waals surface area contributed by atoms with Crippen LogP contribution in [-0.2, 0) is 16.8 Å². The summed E-state index contributed by atoms with van der Waals surface area (Å²) < 4.78 is 30.4. The Balaban J connectivity index is 1.37. The van der Waals surface area contributed by atoms with Gasteiger partial charge in [0.25, 0.3) is 11.8 Å². The molecular formula is C26H28F2N6O3. The molecule has 0 radical (unpaired) electrons. The molecule has 1 fully saturated rings. The number of rotatable bonds is 6. The van der Waals surface area contributed by atoms with Gasteiger partial charge in [-0.15, -0.1) is 10.2 Å². The monoisotopic (exact) mass is 510 g/mol. The fraction of sp³-hybridized carbons (Fsp3) is 0.423. The first-order valence-electron chi connectivity index (χ1n) is 12.1. The van der Waals surface area contributed by atoms with Crippen LogP contribution in [0.1, 0.15) is 54.2 Å². The first-order chi connectivity index (χ1) is 17.6. The first-order valence-corrected chi connectivity index (χ1v) is 12.1. The van der Waals surface area contributed by atoms with Crippen LogP contribution in [-0.4, -0.2) is 70.0 Å². The van der Waals surface area contributed by atoms with Crippen LogP contribution in [0, 0.1) is 0 Å². The Hall–Kier alpha value is -3.73. The third kappa shape index (κ3) is 4.48. The second kappa shape index (κ2) is 9.29. The van der Waals surface area contributed by atoms with Gasteiger partial charge < -0.3 is 14.2 Å². The smallest absolute Gasteiger partial charge is 0.314 e. The minimum atomic E-state index is -2.86. The van der Waals surface area contributed by atoms with Crippen molar-refractivity contribution >= 4 is 17.5 Å². The number of amides is 2. The quantitative estimate of drug-likeness (QED) is 0.464. The fourth-order valence-corrected chi connectivity index (χ4v) is 4.91. The predicted octanol–water partition coefficient (Wildman–Crippen LogP) is 3.67. The van der Waals surface area contributed by atoms with Crippen molar-refractivity contribution in [1.29, 1.82) is 0 Å². The molecule has 11 heteroatoms. The number of carbonyl (C=O) groups excluding carboxylic acids is 2. The van der Waals surface area contributed by atoms with E-state index in [-0.39, 0.29) is 24.2 Å². The molecule has 0 unspecified atom stereocenters. The molecule has 2 aromatic heterocycles. The maximum Gasteiger partial charge on any atom is 0.314 e. The number of pyridine rings is 1. The highest BCUT2D eigenvalue weighted by atomic mass is 19.3. The van der Waals surface area contributed by atoms with Gasteiger partial charge in [-0.3, -0.25) is 19.5 Å². The van der Waals surface area contributed by atoms with Crippen LogP contribution in [0.4, 0.5) is 14.5 Å². The summed E-state index contributed by atoms with van der Waals surface area (Å²) in [5.74, 6) is -1.53. The maximum atomic E-state index is 13.5. The zero-order valence-electron chi connectivity index (χ0n) is 21.1. The summed E-state index contributed by atoms with van der Waals surface area (Å²) in [6, 6.07) is 9.38. The van der Waals surface area contributed by atoms with E-state index in [1.807, 2.05) is 32.0 Å². The number of benzene rings is 1. The van der Waals surface area contributed by atoms with E-state index in [2.05, 4.69) is 39.1 Å². The van der Waals surface area contributed by atoms with Gasteiger partial charge in [-0.25, -0.2) is 0 Å². The summed E-state index contributed by atoms with van der Waals surface area (Å²) in [5, 5.41) is 6.92. The molecule has 0 bridgehead atoms. The molecule has 2 aliphatic heterocycles. The highest BCUT2D eigenvalue weighted by Crippen LogP contribution is 2.38. The molecule has 37 heavy (non-hydrogen) atoms. The minimum Gasteiger partial charge on any atom is -0.415 e. The van der Waals surface area contributed by atoms with Crippen LogP contribution in [0.3, 0.4) is 0 Å². The van der Waals surface area contributed by atoms with Crippen molar-refractivity contribution < 1.29 is 22.8 Å². The summed E-state index contributed by atoms with van der Waals surface area (Å²) in [7, 11) is 4.15. The minimum absolute atomic E-state index is 0.0225. The molecule has 5 rings (SSSR count). The van der Waals surface area contributed by atoms with E-state index in [4.69, 9.17) is 4.42 Å². The molecule has 1 saturated heterocycles. The second-order valence-corrected chi connectivity index (χ2v) is 10.2. The number of anilines is 1. The Morgan fingerprint density at radius 2 is 1.95 bits per heavy atom. The van der Waals surface area contributed by atoms with Gasteiger partial charge in [-0.05, 0) is 70.3 Å². The van der Waals surface area contributed by atoms with Crippen molar-refractivity contribution in [3.63, 3.8) is 0 Å². The predicted molar refractivity (Wildman–Crippen MR) is 131 cm³/mol. The zero-order valence-corrected chi connectivity index (χ0v) is 21.1. The molecular weight excluding hydrogens is 482 g/mol. The Morgan fingerprint density at radius 3 is 2.57 bits per heavy atom. The molecule has 4 heterocycles. The number of likely N-dealkylation sites (N-methyl/N-ethyl adjacent to an activating group) is 1. The average Bonchev–Trinajstić information content (AvgIpc) is 3.57. The van der Waals surface area contributed by atoms with Gasteiger partial charge >= 0.3 is 6.43 Å². The van der Waals surface area contributed by atoms with Crippen LogP contribution < -0.4 is 4.90 Å². The first kappa shape index (κ1) is 24.9. The van der Waals surface area contributed by atoms with E-state index < -0.39 is 17.7 Å². The molecule has 1 atom stereocenters. The SMILES string of the molecule is CN(C)[C@H]1CCN(c2ccc3c(c2)C(C)(C)C(=O)N(Cc2ccc(-c4nnc(C(F)F)o4)cn2)C3=O)C1. The van der Waals surface area contributed by atoms with Crippen LogP contribution >= 0.6 is 0 Å². The standard InChI is InChI=1S/C26H28F2N6O3/c1-26(2)20-11-17(33-10-9-18(14-33)32(3)4)7-8-19(20)24(35)34(25(26)36)13-16-6-5-15(12-29-16)22-30-31-23(37-22)21(27)28/h5-8,11-12,18,21H,9-10,13-14H2,1-4H3/t18-/m0/s1. The lowest BCUT2D eigenvalue weighted by atomic mass is 9.77. The molecule has 194 valence electrons. The Morgan fingerprint density at radius 1 is 1.16 bits per heavy atom. The number of hydrogen-bond donors (Lipinski definition) is 0. The van der Waals surface area contributed by atoms with E-state index in [0.717, 1.165) is 30.8 Å². The fourth-order valence-electron chi connectivity index (χ4n) is 4.91. The number of aromatic nitrogens is 3. The van der Waals surface area contributed by atoms with Gasteiger partial charge in [0.05, 0.1) is 23.2 Å². The maximum absolute atomic E-state index is 13.5. The third-order valence-electron chi connectivity index (χ3n) is 7.21. The number of alkyl halides is 2. The zero-order chi connectivity index (χ0) is 26.5. The van der Waals surface area contributed by atoms with Crippen LogP contribution in [0.5, 0.6) is 0 Å². The lowest BCUT2D eigenvalue weighted by Crippen LogP contribution is -2.51. The van der Waals surface area contributed by atoms with Gasteiger partial charge in [0, 0.05) is 36.6 Å². The second-order valence-electron chi connectivity index (χ2n) is 10.2. The van der Waals surface area contributed by atoms with Crippen molar-refractivity contribution in [3.05, 3.63) is 59.2 Å². The highest BCUT2D eigenvalue weighted by Gasteiger charge is 2.45. The number of halogens is 2. The van der Waals surface area contributed by atoms with Crippen LogP contribution in [0.25, 0.3) is 11.5 Å². The van der Waals surface area contributed by atoms with E-state index >= 15 is 0 Å².